The molecule has 1 aliphatic rings. The van der Waals surface area contributed by atoms with Gasteiger partial charge in [-0.3, -0.25) is 4.79 Å². The maximum absolute atomic E-state index is 12.4. The van der Waals surface area contributed by atoms with E-state index in [0.29, 0.717) is 22.5 Å². The van der Waals surface area contributed by atoms with E-state index in [4.69, 9.17) is 5.26 Å². The number of nitrogens with one attached hydrogen (secondary N) is 1. The summed E-state index contributed by atoms with van der Waals surface area (Å²) in [6.07, 6.45) is 3.02. The van der Waals surface area contributed by atoms with Gasteiger partial charge in [-0.1, -0.05) is 13.0 Å². The summed E-state index contributed by atoms with van der Waals surface area (Å²) in [5, 5.41) is 22.4. The third kappa shape index (κ3) is 3.30. The van der Waals surface area contributed by atoms with E-state index in [1.807, 2.05) is 12.1 Å². The van der Waals surface area contributed by atoms with Crippen LogP contribution in [0, 0.1) is 17.2 Å². The van der Waals surface area contributed by atoms with Crippen molar-refractivity contribution in [3.05, 3.63) is 53.6 Å². The molecule has 0 radical (unpaired) electrons. The number of nitrogens with zero attached hydrogens (tertiary/aromatic N) is 5. The summed E-state index contributed by atoms with van der Waals surface area (Å²) in [6, 6.07) is 8.84. The minimum absolute atomic E-state index is 0.0544. The summed E-state index contributed by atoms with van der Waals surface area (Å²) in [7, 11) is 0. The van der Waals surface area contributed by atoms with Gasteiger partial charge >= 0.3 is 0 Å². The molecule has 4 rings (SSSR count). The molecule has 3 aromatic rings. The lowest BCUT2D eigenvalue weighted by Gasteiger charge is -2.38. The van der Waals surface area contributed by atoms with Gasteiger partial charge in [0, 0.05) is 31.2 Å². The number of pyridine rings is 3. The minimum Gasteiger partial charge on any atom is -0.505 e. The second-order valence-corrected chi connectivity index (χ2v) is 6.91. The molecule has 8 heteroatoms. The zero-order chi connectivity index (χ0) is 19.7. The van der Waals surface area contributed by atoms with Crippen LogP contribution in [0.25, 0.3) is 10.9 Å². The number of aromatic hydroxyl groups is 1. The van der Waals surface area contributed by atoms with Crippen molar-refractivity contribution in [2.24, 2.45) is 5.92 Å². The van der Waals surface area contributed by atoms with Gasteiger partial charge in [0.2, 0.25) is 0 Å². The Morgan fingerprint density at radius 3 is 2.79 bits per heavy atom. The van der Waals surface area contributed by atoms with Crippen LogP contribution in [0.3, 0.4) is 0 Å². The summed E-state index contributed by atoms with van der Waals surface area (Å²) in [5.41, 5.74) is 1.54. The first kappa shape index (κ1) is 17.7. The Kier molecular flexibility index (Phi) is 4.49. The molecule has 0 aliphatic carbocycles. The molecule has 0 aromatic carbocycles. The third-order valence-electron chi connectivity index (χ3n) is 4.70. The van der Waals surface area contributed by atoms with E-state index in [1.165, 1.54) is 12.4 Å². The highest BCUT2D eigenvalue weighted by molar-refractivity contribution is 6.00. The van der Waals surface area contributed by atoms with Gasteiger partial charge in [-0.05, 0) is 29.7 Å². The first-order valence-electron chi connectivity index (χ1n) is 8.92. The highest BCUT2D eigenvalue weighted by Gasteiger charge is 2.24. The molecular formula is C20H18N6O2. The number of nitriles is 1. The molecule has 1 fully saturated rings. The monoisotopic (exact) mass is 374 g/mol. The van der Waals surface area contributed by atoms with Crippen LogP contribution >= 0.6 is 0 Å². The van der Waals surface area contributed by atoms with Gasteiger partial charge in [0.05, 0.1) is 11.7 Å². The average Bonchev–Trinajstić information content (AvgIpc) is 2.70. The summed E-state index contributed by atoms with van der Waals surface area (Å²) >= 11 is 0. The number of aromatic nitrogens is 3. The number of hydrogen-bond acceptors (Lipinski definition) is 7. The van der Waals surface area contributed by atoms with Crippen molar-refractivity contribution in [2.45, 2.75) is 13.5 Å². The van der Waals surface area contributed by atoms with Crippen LogP contribution in [0.5, 0.6) is 5.75 Å². The van der Waals surface area contributed by atoms with Crippen LogP contribution in [0.1, 0.15) is 28.7 Å². The van der Waals surface area contributed by atoms with Crippen LogP contribution in [-0.4, -0.2) is 39.1 Å². The molecule has 140 valence electrons. The molecule has 1 saturated heterocycles. The maximum Gasteiger partial charge on any atom is 0.274 e. The fourth-order valence-corrected chi connectivity index (χ4v) is 3.17. The first-order chi connectivity index (χ1) is 13.5. The molecule has 1 amide bonds. The largest absolute Gasteiger partial charge is 0.505 e. The van der Waals surface area contributed by atoms with E-state index in [9.17, 15) is 9.90 Å². The Morgan fingerprint density at radius 1 is 1.29 bits per heavy atom. The third-order valence-corrected chi connectivity index (χ3v) is 4.70. The van der Waals surface area contributed by atoms with Gasteiger partial charge in [0.15, 0.2) is 11.4 Å². The zero-order valence-electron chi connectivity index (χ0n) is 15.3. The molecular weight excluding hydrogens is 356 g/mol. The smallest absolute Gasteiger partial charge is 0.274 e. The topological polar surface area (TPSA) is 115 Å². The number of carbonyl (C=O) groups excluding carboxylic acids is 1. The van der Waals surface area contributed by atoms with Crippen molar-refractivity contribution in [1.82, 2.24) is 20.3 Å². The Bertz CT molecular complexity index is 1080. The van der Waals surface area contributed by atoms with Crippen molar-refractivity contribution >= 4 is 22.6 Å². The van der Waals surface area contributed by atoms with Crippen LogP contribution < -0.4 is 10.2 Å². The first-order valence-corrected chi connectivity index (χ1v) is 8.92. The number of anilines is 1. The number of amides is 1. The minimum atomic E-state index is -0.496. The molecule has 0 spiro atoms. The maximum atomic E-state index is 12.4. The van der Waals surface area contributed by atoms with Gasteiger partial charge in [-0.2, -0.15) is 5.26 Å². The fourth-order valence-electron chi connectivity index (χ4n) is 3.17. The SMILES string of the molecule is CC1CN(c2ccc3c(O)c(C(=O)NCc4ccc(C#N)nc4)ncc3n2)C1. The lowest BCUT2D eigenvalue weighted by molar-refractivity contribution is 0.0943. The van der Waals surface area contributed by atoms with Gasteiger partial charge in [0.25, 0.3) is 5.91 Å². The van der Waals surface area contributed by atoms with Crippen LogP contribution in [-0.2, 0) is 6.54 Å². The predicted octanol–water partition coefficient (Wildman–Crippen LogP) is 1.99. The molecule has 28 heavy (non-hydrogen) atoms. The lowest BCUT2D eigenvalue weighted by atomic mass is 10.0. The molecule has 8 nitrogen and oxygen atoms in total. The van der Waals surface area contributed by atoms with Crippen molar-refractivity contribution in [3.8, 4) is 11.8 Å². The summed E-state index contributed by atoms with van der Waals surface area (Å²) < 4.78 is 0. The van der Waals surface area contributed by atoms with Gasteiger partial charge < -0.3 is 15.3 Å². The molecule has 0 atom stereocenters. The van der Waals surface area contributed by atoms with E-state index < -0.39 is 5.91 Å². The number of carbonyl (C=O) groups is 1. The standard InChI is InChI=1S/C20H18N6O2/c1-12-10-26(11-12)17-5-4-15-16(25-17)9-23-18(19(15)27)20(28)24-8-13-2-3-14(6-21)22-7-13/h2-5,7,9,12,27H,8,10-11H2,1H3,(H,24,28). The van der Waals surface area contributed by atoms with E-state index >= 15 is 0 Å². The van der Waals surface area contributed by atoms with E-state index in [0.717, 1.165) is 24.5 Å². The summed E-state index contributed by atoms with van der Waals surface area (Å²) in [4.78, 5) is 27.2. The molecule has 0 unspecified atom stereocenters. The zero-order valence-corrected chi connectivity index (χ0v) is 15.3. The van der Waals surface area contributed by atoms with Crippen LogP contribution in [0.2, 0.25) is 0 Å². The lowest BCUT2D eigenvalue weighted by Crippen LogP contribution is -2.45. The molecule has 2 N–H and O–H groups in total. The van der Waals surface area contributed by atoms with E-state index in [2.05, 4.69) is 32.1 Å². The van der Waals surface area contributed by atoms with Crippen molar-refractivity contribution in [1.29, 1.82) is 5.26 Å². The van der Waals surface area contributed by atoms with Crippen LogP contribution in [0.4, 0.5) is 5.82 Å². The number of fused-ring (bicyclic) bond motifs is 1. The number of hydrogen-bond donors (Lipinski definition) is 2. The van der Waals surface area contributed by atoms with Crippen molar-refractivity contribution in [2.75, 3.05) is 18.0 Å². The van der Waals surface area contributed by atoms with Crippen molar-refractivity contribution < 1.29 is 9.90 Å². The summed E-state index contributed by atoms with van der Waals surface area (Å²) in [5.74, 6) is 0.812. The molecule has 4 heterocycles. The highest BCUT2D eigenvalue weighted by atomic mass is 16.3. The second-order valence-electron chi connectivity index (χ2n) is 6.91. The molecule has 0 saturated carbocycles. The Morgan fingerprint density at radius 2 is 2.11 bits per heavy atom. The average molecular weight is 374 g/mol. The predicted molar refractivity (Wildman–Crippen MR) is 103 cm³/mol. The second kappa shape index (κ2) is 7.12. The van der Waals surface area contributed by atoms with Gasteiger partial charge in [-0.25, -0.2) is 15.0 Å². The normalized spacial score (nSPS) is 13.8. The van der Waals surface area contributed by atoms with Crippen LogP contribution in [0.15, 0.2) is 36.7 Å². The molecule has 3 aromatic heterocycles. The fraction of sp³-hybridized carbons (Fsp3) is 0.250. The van der Waals surface area contributed by atoms with Gasteiger partial charge in [0.1, 0.15) is 17.6 Å². The van der Waals surface area contributed by atoms with E-state index in [-0.39, 0.29) is 18.0 Å². The van der Waals surface area contributed by atoms with E-state index in [1.54, 1.807) is 18.2 Å². The quantitative estimate of drug-likeness (QED) is 0.717. The molecule has 1 aliphatic heterocycles. The van der Waals surface area contributed by atoms with Gasteiger partial charge in [-0.15, -0.1) is 0 Å². The summed E-state index contributed by atoms with van der Waals surface area (Å²) in [6.45, 7) is 4.32. The van der Waals surface area contributed by atoms with Crippen molar-refractivity contribution in [3.63, 3.8) is 0 Å². The Labute approximate surface area is 161 Å². The molecule has 0 bridgehead atoms. The Hall–Kier alpha value is -3.73. The highest BCUT2D eigenvalue weighted by Crippen LogP contribution is 2.30. The number of rotatable bonds is 4. The Balaban J connectivity index is 1.51.